The average Bonchev–Trinajstić information content (AvgIpc) is 2.55. The van der Waals surface area contributed by atoms with Crippen LogP contribution in [-0.4, -0.2) is 62.1 Å². The molecule has 1 aliphatic rings. The van der Waals surface area contributed by atoms with E-state index in [1.54, 1.807) is 12.1 Å². The van der Waals surface area contributed by atoms with Crippen molar-refractivity contribution in [2.45, 2.75) is 19.6 Å². The first-order chi connectivity index (χ1) is 11.0. The van der Waals surface area contributed by atoms with Crippen LogP contribution in [0, 0.1) is 0 Å². The number of carbonyl (C=O) groups excluding carboxylic acids is 1. The number of benzene rings is 1. The van der Waals surface area contributed by atoms with E-state index in [1.807, 2.05) is 23.8 Å². The van der Waals surface area contributed by atoms with Crippen LogP contribution in [0.3, 0.4) is 0 Å². The van der Waals surface area contributed by atoms with Gasteiger partial charge in [0, 0.05) is 32.2 Å². The van der Waals surface area contributed by atoms with Gasteiger partial charge in [0.2, 0.25) is 5.91 Å². The highest BCUT2D eigenvalue weighted by Crippen LogP contribution is 2.22. The summed E-state index contributed by atoms with van der Waals surface area (Å²) >= 11 is 0. The SMILES string of the molecule is CC(c1ccc(OC(F)F)cc1)N(C)CC(=O)N1CCNCC1. The number of likely N-dealkylation sites (N-methyl/N-ethyl adjacent to an activating group) is 1. The average molecular weight is 327 g/mol. The van der Waals surface area contributed by atoms with E-state index in [-0.39, 0.29) is 17.7 Å². The van der Waals surface area contributed by atoms with E-state index in [4.69, 9.17) is 0 Å². The number of hydrogen-bond donors (Lipinski definition) is 1. The van der Waals surface area contributed by atoms with Crippen LogP contribution in [0.25, 0.3) is 0 Å². The van der Waals surface area contributed by atoms with E-state index in [2.05, 4.69) is 10.1 Å². The topological polar surface area (TPSA) is 44.8 Å². The highest BCUT2D eigenvalue weighted by Gasteiger charge is 2.20. The summed E-state index contributed by atoms with van der Waals surface area (Å²) in [7, 11) is 1.88. The summed E-state index contributed by atoms with van der Waals surface area (Å²) in [6.07, 6.45) is 0. The molecular formula is C16H23F2N3O2. The zero-order chi connectivity index (χ0) is 16.8. The molecule has 1 aliphatic heterocycles. The number of hydrogen-bond acceptors (Lipinski definition) is 4. The van der Waals surface area contributed by atoms with Gasteiger partial charge < -0.3 is 15.0 Å². The van der Waals surface area contributed by atoms with Crippen molar-refractivity contribution in [1.29, 1.82) is 0 Å². The fourth-order valence-electron chi connectivity index (χ4n) is 2.55. The Hall–Kier alpha value is -1.73. The predicted octanol–water partition coefficient (Wildman–Crippen LogP) is 1.71. The van der Waals surface area contributed by atoms with Crippen molar-refractivity contribution in [1.82, 2.24) is 15.1 Å². The van der Waals surface area contributed by atoms with E-state index in [0.717, 1.165) is 31.7 Å². The highest BCUT2D eigenvalue weighted by molar-refractivity contribution is 5.78. The van der Waals surface area contributed by atoms with E-state index < -0.39 is 6.61 Å². The number of piperazine rings is 1. The molecule has 1 N–H and O–H groups in total. The van der Waals surface area contributed by atoms with Crippen LogP contribution in [0.4, 0.5) is 8.78 Å². The number of alkyl halides is 2. The minimum atomic E-state index is -2.82. The van der Waals surface area contributed by atoms with Crippen LogP contribution < -0.4 is 10.1 Å². The molecule has 1 saturated heterocycles. The summed E-state index contributed by atoms with van der Waals surface area (Å²) in [6, 6.07) is 6.53. The lowest BCUT2D eigenvalue weighted by atomic mass is 10.1. The molecule has 0 bridgehead atoms. The highest BCUT2D eigenvalue weighted by atomic mass is 19.3. The molecule has 0 saturated carbocycles. The lowest BCUT2D eigenvalue weighted by Crippen LogP contribution is -2.49. The largest absolute Gasteiger partial charge is 0.435 e. The Morgan fingerprint density at radius 2 is 1.91 bits per heavy atom. The van der Waals surface area contributed by atoms with Gasteiger partial charge in [-0.05, 0) is 31.7 Å². The molecule has 0 aromatic heterocycles. The predicted molar refractivity (Wildman–Crippen MR) is 83.6 cm³/mol. The van der Waals surface area contributed by atoms with Crippen molar-refractivity contribution in [3.63, 3.8) is 0 Å². The Bertz CT molecular complexity index is 505. The maximum Gasteiger partial charge on any atom is 0.387 e. The second-order valence-corrected chi connectivity index (χ2v) is 5.67. The van der Waals surface area contributed by atoms with Crippen molar-refractivity contribution < 1.29 is 18.3 Å². The van der Waals surface area contributed by atoms with Crippen LogP contribution in [0.1, 0.15) is 18.5 Å². The van der Waals surface area contributed by atoms with Crippen LogP contribution in [0.15, 0.2) is 24.3 Å². The third-order valence-electron chi connectivity index (χ3n) is 4.10. The molecule has 0 aliphatic carbocycles. The summed E-state index contributed by atoms with van der Waals surface area (Å²) in [5.74, 6) is 0.244. The monoisotopic (exact) mass is 327 g/mol. The lowest BCUT2D eigenvalue weighted by Gasteiger charge is -2.31. The Balaban J connectivity index is 1.90. The number of nitrogens with one attached hydrogen (secondary N) is 1. The zero-order valence-electron chi connectivity index (χ0n) is 13.5. The first-order valence-electron chi connectivity index (χ1n) is 7.71. The second kappa shape index (κ2) is 8.21. The molecule has 1 amide bonds. The molecule has 1 unspecified atom stereocenters. The maximum atomic E-state index is 12.3. The number of nitrogens with zero attached hydrogens (tertiary/aromatic N) is 2. The number of halogens is 2. The summed E-state index contributed by atoms with van der Waals surface area (Å²) in [6.45, 7) is 2.62. The van der Waals surface area contributed by atoms with Gasteiger partial charge in [-0.3, -0.25) is 9.69 Å². The molecule has 1 aromatic carbocycles. The molecule has 7 heteroatoms. The normalized spacial score (nSPS) is 16.7. The molecule has 5 nitrogen and oxygen atoms in total. The fourth-order valence-corrected chi connectivity index (χ4v) is 2.55. The van der Waals surface area contributed by atoms with Gasteiger partial charge in [0.1, 0.15) is 5.75 Å². The van der Waals surface area contributed by atoms with Crippen LogP contribution >= 0.6 is 0 Å². The number of rotatable bonds is 6. The van der Waals surface area contributed by atoms with Crippen molar-refractivity contribution in [2.75, 3.05) is 39.8 Å². The molecule has 0 radical (unpaired) electrons. The zero-order valence-corrected chi connectivity index (χ0v) is 13.5. The van der Waals surface area contributed by atoms with Gasteiger partial charge in [-0.15, -0.1) is 0 Å². The van der Waals surface area contributed by atoms with Gasteiger partial charge in [-0.25, -0.2) is 0 Å². The van der Waals surface area contributed by atoms with Gasteiger partial charge in [-0.1, -0.05) is 12.1 Å². The van der Waals surface area contributed by atoms with Gasteiger partial charge in [0.05, 0.1) is 6.54 Å². The lowest BCUT2D eigenvalue weighted by molar-refractivity contribution is -0.133. The molecule has 1 atom stereocenters. The van der Waals surface area contributed by atoms with Gasteiger partial charge >= 0.3 is 6.61 Å². The number of ether oxygens (including phenoxy) is 1. The van der Waals surface area contributed by atoms with E-state index in [1.165, 1.54) is 12.1 Å². The Morgan fingerprint density at radius 1 is 1.30 bits per heavy atom. The van der Waals surface area contributed by atoms with Crippen LogP contribution in [0.2, 0.25) is 0 Å². The number of amides is 1. The molecular weight excluding hydrogens is 304 g/mol. The van der Waals surface area contributed by atoms with Crippen LogP contribution in [0.5, 0.6) is 5.75 Å². The van der Waals surface area contributed by atoms with Crippen molar-refractivity contribution in [2.24, 2.45) is 0 Å². The fraction of sp³-hybridized carbons (Fsp3) is 0.562. The standard InChI is InChI=1S/C16H23F2N3O2/c1-12(13-3-5-14(6-4-13)23-16(17)18)20(2)11-15(22)21-9-7-19-8-10-21/h3-6,12,16,19H,7-11H2,1-2H3. The molecule has 2 rings (SSSR count). The van der Waals surface area contributed by atoms with Gasteiger partial charge in [0.25, 0.3) is 0 Å². The van der Waals surface area contributed by atoms with Crippen molar-refractivity contribution in [3.8, 4) is 5.75 Å². The minimum absolute atomic E-state index is 0.00228. The molecule has 0 spiro atoms. The molecule has 23 heavy (non-hydrogen) atoms. The first-order valence-corrected chi connectivity index (χ1v) is 7.71. The second-order valence-electron chi connectivity index (χ2n) is 5.67. The third-order valence-corrected chi connectivity index (χ3v) is 4.10. The van der Waals surface area contributed by atoms with Gasteiger partial charge in [0.15, 0.2) is 0 Å². The summed E-state index contributed by atoms with van der Waals surface area (Å²) < 4.78 is 28.6. The smallest absolute Gasteiger partial charge is 0.387 e. The third kappa shape index (κ3) is 5.14. The Labute approximate surface area is 135 Å². The molecule has 1 aromatic rings. The summed E-state index contributed by atoms with van der Waals surface area (Å²) in [5, 5.41) is 3.22. The maximum absolute atomic E-state index is 12.3. The van der Waals surface area contributed by atoms with Gasteiger partial charge in [-0.2, -0.15) is 8.78 Å². The minimum Gasteiger partial charge on any atom is -0.435 e. The molecule has 128 valence electrons. The van der Waals surface area contributed by atoms with Crippen molar-refractivity contribution >= 4 is 5.91 Å². The quantitative estimate of drug-likeness (QED) is 0.864. The van der Waals surface area contributed by atoms with Crippen molar-refractivity contribution in [3.05, 3.63) is 29.8 Å². The van der Waals surface area contributed by atoms with Crippen LogP contribution in [-0.2, 0) is 4.79 Å². The van der Waals surface area contributed by atoms with E-state index in [0.29, 0.717) is 6.54 Å². The Kier molecular flexibility index (Phi) is 6.29. The summed E-state index contributed by atoms with van der Waals surface area (Å²) in [5.41, 5.74) is 0.947. The van der Waals surface area contributed by atoms with E-state index >= 15 is 0 Å². The first kappa shape index (κ1) is 17.6. The number of carbonyl (C=O) groups is 1. The molecule has 1 heterocycles. The Morgan fingerprint density at radius 3 is 2.48 bits per heavy atom. The van der Waals surface area contributed by atoms with E-state index in [9.17, 15) is 13.6 Å². The molecule has 1 fully saturated rings. The summed E-state index contributed by atoms with van der Waals surface area (Å²) in [4.78, 5) is 16.1.